The molecular formula is C10H7Br2NO. The van der Waals surface area contributed by atoms with Gasteiger partial charge in [0.1, 0.15) is 0 Å². The van der Waals surface area contributed by atoms with Crippen LogP contribution in [0.15, 0.2) is 27.1 Å². The number of fused-ring (bicyclic) bond motifs is 1. The van der Waals surface area contributed by atoms with Crippen molar-refractivity contribution in [3.63, 3.8) is 0 Å². The van der Waals surface area contributed by atoms with Gasteiger partial charge in [-0.1, -0.05) is 15.9 Å². The first-order valence-electron chi connectivity index (χ1n) is 4.07. The molecule has 0 saturated carbocycles. The van der Waals surface area contributed by atoms with E-state index < -0.39 is 0 Å². The SMILES string of the molecule is CC(=O)c1[nH]c2ccc(Br)cc2c1Br. The minimum atomic E-state index is 0.0317. The monoisotopic (exact) mass is 315 g/mol. The molecule has 1 heterocycles. The molecule has 0 fully saturated rings. The molecule has 0 aliphatic carbocycles. The topological polar surface area (TPSA) is 32.9 Å². The van der Waals surface area contributed by atoms with Crippen LogP contribution in [0.4, 0.5) is 0 Å². The van der Waals surface area contributed by atoms with Gasteiger partial charge < -0.3 is 4.98 Å². The maximum absolute atomic E-state index is 11.2. The Balaban J connectivity index is 2.80. The molecule has 1 aromatic carbocycles. The number of rotatable bonds is 1. The summed E-state index contributed by atoms with van der Waals surface area (Å²) in [6.45, 7) is 1.55. The van der Waals surface area contributed by atoms with Crippen LogP contribution in [0.3, 0.4) is 0 Å². The molecule has 0 unspecified atom stereocenters. The highest BCUT2D eigenvalue weighted by Gasteiger charge is 2.12. The molecule has 2 nitrogen and oxygen atoms in total. The molecule has 0 aliphatic heterocycles. The van der Waals surface area contributed by atoms with Gasteiger partial charge in [-0.15, -0.1) is 0 Å². The van der Waals surface area contributed by atoms with E-state index in [4.69, 9.17) is 0 Å². The zero-order chi connectivity index (χ0) is 10.3. The molecule has 72 valence electrons. The quantitative estimate of drug-likeness (QED) is 0.795. The Morgan fingerprint density at radius 3 is 2.71 bits per heavy atom. The van der Waals surface area contributed by atoms with Crippen LogP contribution < -0.4 is 0 Å². The van der Waals surface area contributed by atoms with Gasteiger partial charge >= 0.3 is 0 Å². The minimum absolute atomic E-state index is 0.0317. The number of H-pyrrole nitrogens is 1. The Hall–Kier alpha value is -0.610. The first-order chi connectivity index (χ1) is 6.59. The van der Waals surface area contributed by atoms with Crippen molar-refractivity contribution in [1.29, 1.82) is 0 Å². The van der Waals surface area contributed by atoms with Gasteiger partial charge in [0.2, 0.25) is 0 Å². The van der Waals surface area contributed by atoms with Gasteiger partial charge in [0.25, 0.3) is 0 Å². The number of hydrogen-bond donors (Lipinski definition) is 1. The van der Waals surface area contributed by atoms with Crippen molar-refractivity contribution in [2.75, 3.05) is 0 Å². The summed E-state index contributed by atoms with van der Waals surface area (Å²) in [5.41, 5.74) is 1.59. The second kappa shape index (κ2) is 3.51. The first-order valence-corrected chi connectivity index (χ1v) is 5.66. The lowest BCUT2D eigenvalue weighted by molar-refractivity contribution is 0.101. The summed E-state index contributed by atoms with van der Waals surface area (Å²) in [5.74, 6) is 0.0317. The number of aromatic nitrogens is 1. The highest BCUT2D eigenvalue weighted by molar-refractivity contribution is 9.11. The van der Waals surface area contributed by atoms with Crippen molar-refractivity contribution < 1.29 is 4.79 Å². The zero-order valence-electron chi connectivity index (χ0n) is 7.40. The number of carbonyl (C=O) groups excluding carboxylic acids is 1. The Kier molecular flexibility index (Phi) is 2.49. The molecule has 0 amide bonds. The molecule has 4 heteroatoms. The van der Waals surface area contributed by atoms with Gasteiger partial charge in [0.15, 0.2) is 5.78 Å². The molecule has 1 N–H and O–H groups in total. The van der Waals surface area contributed by atoms with E-state index in [1.807, 2.05) is 18.2 Å². The van der Waals surface area contributed by atoms with E-state index in [2.05, 4.69) is 36.8 Å². The van der Waals surface area contributed by atoms with Crippen LogP contribution in [0, 0.1) is 0 Å². The van der Waals surface area contributed by atoms with E-state index in [-0.39, 0.29) is 5.78 Å². The maximum atomic E-state index is 11.2. The number of Topliss-reactive ketones (excluding diaryl/α,β-unsaturated/α-hetero) is 1. The van der Waals surface area contributed by atoms with Crippen LogP contribution in [-0.4, -0.2) is 10.8 Å². The van der Waals surface area contributed by atoms with Crippen LogP contribution in [0.5, 0.6) is 0 Å². The summed E-state index contributed by atoms with van der Waals surface area (Å²) < 4.78 is 1.83. The van der Waals surface area contributed by atoms with Crippen molar-refractivity contribution in [2.45, 2.75) is 6.92 Å². The lowest BCUT2D eigenvalue weighted by Crippen LogP contribution is -1.91. The summed E-state index contributed by atoms with van der Waals surface area (Å²) >= 11 is 6.81. The van der Waals surface area contributed by atoms with Gasteiger partial charge in [0.05, 0.1) is 10.2 Å². The highest BCUT2D eigenvalue weighted by atomic mass is 79.9. The van der Waals surface area contributed by atoms with Crippen molar-refractivity contribution in [3.05, 3.63) is 32.8 Å². The molecule has 0 saturated heterocycles. The van der Waals surface area contributed by atoms with Gasteiger partial charge in [-0.25, -0.2) is 0 Å². The van der Waals surface area contributed by atoms with Crippen molar-refractivity contribution >= 4 is 48.5 Å². The van der Waals surface area contributed by atoms with Gasteiger partial charge in [-0.05, 0) is 34.1 Å². The minimum Gasteiger partial charge on any atom is -0.351 e. The predicted octanol–water partition coefficient (Wildman–Crippen LogP) is 3.90. The Labute approximate surface area is 97.9 Å². The van der Waals surface area contributed by atoms with Gasteiger partial charge in [-0.3, -0.25) is 4.79 Å². The maximum Gasteiger partial charge on any atom is 0.177 e. The van der Waals surface area contributed by atoms with E-state index in [0.717, 1.165) is 19.8 Å². The number of aromatic amines is 1. The van der Waals surface area contributed by atoms with E-state index in [0.29, 0.717) is 5.69 Å². The third-order valence-electron chi connectivity index (χ3n) is 2.05. The summed E-state index contributed by atoms with van der Waals surface area (Å²) in [6.07, 6.45) is 0. The number of nitrogens with one attached hydrogen (secondary N) is 1. The average molecular weight is 317 g/mol. The fraction of sp³-hybridized carbons (Fsp3) is 0.100. The number of carbonyl (C=O) groups is 1. The van der Waals surface area contributed by atoms with Crippen molar-refractivity contribution in [2.24, 2.45) is 0 Å². The Morgan fingerprint density at radius 2 is 2.07 bits per heavy atom. The summed E-state index contributed by atoms with van der Waals surface area (Å²) in [6, 6.07) is 5.86. The first kappa shape index (κ1) is 9.93. The molecule has 0 radical (unpaired) electrons. The molecule has 14 heavy (non-hydrogen) atoms. The molecule has 1 aromatic heterocycles. The van der Waals surface area contributed by atoms with Gasteiger partial charge in [0, 0.05) is 22.3 Å². The summed E-state index contributed by atoms with van der Waals surface area (Å²) in [7, 11) is 0. The second-order valence-corrected chi connectivity index (χ2v) is 4.77. The standard InChI is InChI=1S/C10H7Br2NO/c1-5(14)10-9(12)7-4-6(11)2-3-8(7)13-10/h2-4,13H,1H3. The number of benzene rings is 1. The summed E-state index contributed by atoms with van der Waals surface area (Å²) in [4.78, 5) is 14.3. The van der Waals surface area contributed by atoms with E-state index >= 15 is 0 Å². The Bertz CT molecular complexity index is 516. The molecule has 0 atom stereocenters. The van der Waals surface area contributed by atoms with Gasteiger partial charge in [-0.2, -0.15) is 0 Å². The zero-order valence-corrected chi connectivity index (χ0v) is 10.6. The Morgan fingerprint density at radius 1 is 1.36 bits per heavy atom. The molecule has 0 spiro atoms. The van der Waals surface area contributed by atoms with Crippen LogP contribution >= 0.6 is 31.9 Å². The smallest absolute Gasteiger partial charge is 0.177 e. The van der Waals surface area contributed by atoms with Crippen LogP contribution in [0.1, 0.15) is 17.4 Å². The molecule has 2 rings (SSSR count). The van der Waals surface area contributed by atoms with Crippen molar-refractivity contribution in [3.8, 4) is 0 Å². The number of halogens is 2. The molecule has 0 aliphatic rings. The number of ketones is 1. The van der Waals surface area contributed by atoms with E-state index in [1.165, 1.54) is 0 Å². The normalized spacial score (nSPS) is 10.8. The van der Waals surface area contributed by atoms with Crippen molar-refractivity contribution in [1.82, 2.24) is 4.98 Å². The molecular weight excluding hydrogens is 310 g/mol. The predicted molar refractivity (Wildman–Crippen MR) is 63.7 cm³/mol. The lowest BCUT2D eigenvalue weighted by atomic mass is 10.2. The highest BCUT2D eigenvalue weighted by Crippen LogP contribution is 2.30. The number of hydrogen-bond acceptors (Lipinski definition) is 1. The van der Waals surface area contributed by atoms with E-state index in [9.17, 15) is 4.79 Å². The fourth-order valence-electron chi connectivity index (χ4n) is 1.37. The molecule has 2 aromatic rings. The average Bonchev–Trinajstić information content (AvgIpc) is 2.44. The molecule has 0 bridgehead atoms. The third kappa shape index (κ3) is 1.53. The van der Waals surface area contributed by atoms with Crippen LogP contribution in [-0.2, 0) is 0 Å². The van der Waals surface area contributed by atoms with E-state index in [1.54, 1.807) is 6.92 Å². The van der Waals surface area contributed by atoms with Crippen LogP contribution in [0.2, 0.25) is 0 Å². The third-order valence-corrected chi connectivity index (χ3v) is 3.37. The van der Waals surface area contributed by atoms with Crippen LogP contribution in [0.25, 0.3) is 10.9 Å². The second-order valence-electron chi connectivity index (χ2n) is 3.06. The largest absolute Gasteiger partial charge is 0.351 e. The lowest BCUT2D eigenvalue weighted by Gasteiger charge is -1.91. The fourth-order valence-corrected chi connectivity index (χ4v) is 2.44. The summed E-state index contributed by atoms with van der Waals surface area (Å²) in [5, 5.41) is 1.02.